The molecule has 1 aliphatic heterocycles. The smallest absolute Gasteiger partial charge is 0.174 e. The molecule has 0 aromatic heterocycles. The minimum absolute atomic E-state index is 0.102. The minimum atomic E-state index is 0.102. The van der Waals surface area contributed by atoms with Gasteiger partial charge < -0.3 is 9.47 Å². The van der Waals surface area contributed by atoms with Gasteiger partial charge in [-0.2, -0.15) is 11.8 Å². The third-order valence-corrected chi connectivity index (χ3v) is 4.14. The van der Waals surface area contributed by atoms with Crippen LogP contribution >= 0.6 is 11.8 Å². The van der Waals surface area contributed by atoms with E-state index in [4.69, 9.17) is 9.47 Å². The van der Waals surface area contributed by atoms with Crippen LogP contribution in [-0.2, 0) is 0 Å². The van der Waals surface area contributed by atoms with E-state index in [0.29, 0.717) is 17.1 Å². The molecule has 3 nitrogen and oxygen atoms in total. The van der Waals surface area contributed by atoms with E-state index in [2.05, 4.69) is 0 Å². The lowest BCUT2D eigenvalue weighted by molar-refractivity contribution is 0.0927. The number of carbonyl (C=O) groups is 1. The summed E-state index contributed by atoms with van der Waals surface area (Å²) in [6.07, 6.45) is 0.949. The molecule has 0 aliphatic carbocycles. The third kappa shape index (κ3) is 2.41. The van der Waals surface area contributed by atoms with Gasteiger partial charge in [0.25, 0.3) is 0 Å². The van der Waals surface area contributed by atoms with Crippen LogP contribution in [0.25, 0.3) is 0 Å². The molecule has 1 aromatic carbocycles. The molecule has 0 N–H and O–H groups in total. The summed E-state index contributed by atoms with van der Waals surface area (Å²) < 4.78 is 10.5. The van der Waals surface area contributed by atoms with Crippen LogP contribution < -0.4 is 9.47 Å². The van der Waals surface area contributed by atoms with Crippen molar-refractivity contribution in [2.75, 3.05) is 25.7 Å². The van der Waals surface area contributed by atoms with Crippen LogP contribution in [0, 0.1) is 5.92 Å². The summed E-state index contributed by atoms with van der Waals surface area (Å²) in [4.78, 5) is 12.4. The number of Topliss-reactive ketones (excluding diaryl/α,β-unsaturated/α-hetero) is 1. The number of carbonyl (C=O) groups excluding carboxylic acids is 1. The van der Waals surface area contributed by atoms with Gasteiger partial charge in [-0.25, -0.2) is 0 Å². The SMILES string of the molecule is COc1cccc(OC)c1C(=O)C1CCSC1. The predicted molar refractivity (Wildman–Crippen MR) is 69.3 cm³/mol. The van der Waals surface area contributed by atoms with Gasteiger partial charge in [0.2, 0.25) is 0 Å². The molecular weight excluding hydrogens is 236 g/mol. The molecule has 1 fully saturated rings. The zero-order valence-corrected chi connectivity index (χ0v) is 10.9. The monoisotopic (exact) mass is 252 g/mol. The maximum atomic E-state index is 12.4. The average Bonchev–Trinajstić information content (AvgIpc) is 2.90. The number of thioether (sulfide) groups is 1. The summed E-state index contributed by atoms with van der Waals surface area (Å²) in [5.74, 6) is 3.42. The van der Waals surface area contributed by atoms with Crippen LogP contribution in [0.4, 0.5) is 0 Å². The second-order valence-corrected chi connectivity index (χ2v) is 5.11. The normalized spacial score (nSPS) is 19.1. The van der Waals surface area contributed by atoms with Crippen molar-refractivity contribution in [2.45, 2.75) is 6.42 Å². The van der Waals surface area contributed by atoms with Gasteiger partial charge in [-0.1, -0.05) is 6.07 Å². The highest BCUT2D eigenvalue weighted by molar-refractivity contribution is 7.99. The van der Waals surface area contributed by atoms with Crippen molar-refractivity contribution in [3.05, 3.63) is 23.8 Å². The summed E-state index contributed by atoms with van der Waals surface area (Å²) in [7, 11) is 3.16. The third-order valence-electron chi connectivity index (χ3n) is 2.97. The Balaban J connectivity index is 2.37. The van der Waals surface area contributed by atoms with Gasteiger partial charge in [-0.05, 0) is 24.3 Å². The summed E-state index contributed by atoms with van der Waals surface area (Å²) in [6.45, 7) is 0. The van der Waals surface area contributed by atoms with Crippen molar-refractivity contribution < 1.29 is 14.3 Å². The molecule has 0 spiro atoms. The molecular formula is C13H16O3S. The summed E-state index contributed by atoms with van der Waals surface area (Å²) in [5.41, 5.74) is 0.588. The molecule has 1 saturated heterocycles. The van der Waals surface area contributed by atoms with Crippen molar-refractivity contribution in [2.24, 2.45) is 5.92 Å². The second kappa shape index (κ2) is 5.45. The van der Waals surface area contributed by atoms with E-state index in [1.54, 1.807) is 26.4 Å². The lowest BCUT2D eigenvalue weighted by atomic mass is 9.96. The Morgan fingerprint density at radius 2 is 1.94 bits per heavy atom. The molecule has 1 unspecified atom stereocenters. The quantitative estimate of drug-likeness (QED) is 0.772. The van der Waals surface area contributed by atoms with Crippen LogP contribution in [0.2, 0.25) is 0 Å². The fourth-order valence-electron chi connectivity index (χ4n) is 2.04. The van der Waals surface area contributed by atoms with E-state index in [-0.39, 0.29) is 11.7 Å². The van der Waals surface area contributed by atoms with Gasteiger partial charge >= 0.3 is 0 Å². The molecule has 1 heterocycles. The maximum Gasteiger partial charge on any atom is 0.174 e. The molecule has 0 bridgehead atoms. The fourth-order valence-corrected chi connectivity index (χ4v) is 3.26. The number of rotatable bonds is 4. The first-order chi connectivity index (χ1) is 8.27. The Morgan fingerprint density at radius 1 is 1.29 bits per heavy atom. The highest BCUT2D eigenvalue weighted by Crippen LogP contribution is 2.34. The van der Waals surface area contributed by atoms with Crippen LogP contribution in [-0.4, -0.2) is 31.5 Å². The number of methoxy groups -OCH3 is 2. The Morgan fingerprint density at radius 3 is 2.41 bits per heavy atom. The predicted octanol–water partition coefficient (Wildman–Crippen LogP) is 2.64. The number of hydrogen-bond acceptors (Lipinski definition) is 4. The first-order valence-corrected chi connectivity index (χ1v) is 6.76. The molecule has 1 atom stereocenters. The zero-order chi connectivity index (χ0) is 12.3. The van der Waals surface area contributed by atoms with E-state index in [1.807, 2.05) is 17.8 Å². The van der Waals surface area contributed by atoms with E-state index < -0.39 is 0 Å². The molecule has 17 heavy (non-hydrogen) atoms. The molecule has 2 rings (SSSR count). The minimum Gasteiger partial charge on any atom is -0.496 e. The Hall–Kier alpha value is -1.16. The number of ether oxygens (including phenoxy) is 2. The van der Waals surface area contributed by atoms with Crippen LogP contribution in [0.5, 0.6) is 11.5 Å². The van der Waals surface area contributed by atoms with Crippen molar-refractivity contribution in [1.29, 1.82) is 0 Å². The molecule has 4 heteroatoms. The zero-order valence-electron chi connectivity index (χ0n) is 10.1. The standard InChI is InChI=1S/C13H16O3S/c1-15-10-4-3-5-11(16-2)12(10)13(14)9-6-7-17-8-9/h3-5,9H,6-8H2,1-2H3. The van der Waals surface area contributed by atoms with Crippen molar-refractivity contribution in [3.8, 4) is 11.5 Å². The Labute approximate surface area is 105 Å². The number of benzene rings is 1. The lowest BCUT2D eigenvalue weighted by Gasteiger charge is -2.14. The van der Waals surface area contributed by atoms with E-state index in [1.165, 1.54) is 0 Å². The maximum absolute atomic E-state index is 12.4. The molecule has 0 amide bonds. The Kier molecular flexibility index (Phi) is 3.94. The second-order valence-electron chi connectivity index (χ2n) is 3.96. The number of ketones is 1. The van der Waals surface area contributed by atoms with Crippen molar-refractivity contribution >= 4 is 17.5 Å². The average molecular weight is 252 g/mol. The van der Waals surface area contributed by atoms with Crippen molar-refractivity contribution in [3.63, 3.8) is 0 Å². The van der Waals surface area contributed by atoms with E-state index in [9.17, 15) is 4.79 Å². The molecule has 1 aromatic rings. The van der Waals surface area contributed by atoms with Crippen LogP contribution in [0.15, 0.2) is 18.2 Å². The molecule has 0 saturated carbocycles. The summed E-state index contributed by atoms with van der Waals surface area (Å²) in [6, 6.07) is 5.44. The van der Waals surface area contributed by atoms with Crippen LogP contribution in [0.1, 0.15) is 16.8 Å². The van der Waals surface area contributed by atoms with E-state index >= 15 is 0 Å². The summed E-state index contributed by atoms with van der Waals surface area (Å²) >= 11 is 1.83. The van der Waals surface area contributed by atoms with Gasteiger partial charge in [-0.3, -0.25) is 4.79 Å². The fraction of sp³-hybridized carbons (Fsp3) is 0.462. The number of hydrogen-bond donors (Lipinski definition) is 0. The highest BCUT2D eigenvalue weighted by atomic mass is 32.2. The first-order valence-electron chi connectivity index (χ1n) is 5.61. The van der Waals surface area contributed by atoms with Gasteiger partial charge in [0, 0.05) is 11.7 Å². The molecule has 0 radical (unpaired) electrons. The molecule has 1 aliphatic rings. The largest absolute Gasteiger partial charge is 0.496 e. The highest BCUT2D eigenvalue weighted by Gasteiger charge is 2.28. The lowest BCUT2D eigenvalue weighted by Crippen LogP contribution is -2.16. The van der Waals surface area contributed by atoms with Gasteiger partial charge in [-0.15, -0.1) is 0 Å². The van der Waals surface area contributed by atoms with Crippen molar-refractivity contribution in [1.82, 2.24) is 0 Å². The summed E-state index contributed by atoms with van der Waals surface area (Å²) in [5, 5.41) is 0. The Bertz CT molecular complexity index is 389. The van der Waals surface area contributed by atoms with Gasteiger partial charge in [0.15, 0.2) is 5.78 Å². The topological polar surface area (TPSA) is 35.5 Å². The first kappa shape index (κ1) is 12.3. The van der Waals surface area contributed by atoms with Gasteiger partial charge in [0.05, 0.1) is 14.2 Å². The van der Waals surface area contributed by atoms with Gasteiger partial charge in [0.1, 0.15) is 17.1 Å². The van der Waals surface area contributed by atoms with Crippen LogP contribution in [0.3, 0.4) is 0 Å². The molecule has 92 valence electrons. The van der Waals surface area contributed by atoms with E-state index in [0.717, 1.165) is 17.9 Å².